The molecule has 3 aromatic heterocycles. The van der Waals surface area contributed by atoms with E-state index < -0.39 is 0 Å². The summed E-state index contributed by atoms with van der Waals surface area (Å²) in [4.78, 5) is 21.1. The number of rotatable bonds is 3. The fraction of sp³-hybridized carbons (Fsp3) is 0.0625. The van der Waals surface area contributed by atoms with Gasteiger partial charge in [-0.25, -0.2) is 14.2 Å². The zero-order valence-electron chi connectivity index (χ0n) is 13.1. The molecule has 25 heavy (non-hydrogen) atoms. The molecule has 4 rings (SSSR count). The fourth-order valence-corrected chi connectivity index (χ4v) is 2.63. The van der Waals surface area contributed by atoms with Crippen LogP contribution in [0.5, 0.6) is 0 Å². The summed E-state index contributed by atoms with van der Waals surface area (Å²) in [7, 11) is 1.69. The number of amides is 1. The van der Waals surface area contributed by atoms with Crippen molar-refractivity contribution in [2.75, 3.05) is 5.32 Å². The van der Waals surface area contributed by atoms with Crippen molar-refractivity contribution in [3.63, 3.8) is 0 Å². The SMILES string of the molecule is Cn1nc(-c2ccccc2Cl)nc1NC(=O)c1cnn2cccnc12. The number of benzene rings is 1. The molecule has 0 atom stereocenters. The molecule has 1 aromatic carbocycles. The average molecular weight is 354 g/mol. The van der Waals surface area contributed by atoms with Gasteiger partial charge in [0.2, 0.25) is 5.95 Å². The van der Waals surface area contributed by atoms with Gasteiger partial charge in [-0.15, -0.1) is 5.10 Å². The second kappa shape index (κ2) is 5.99. The van der Waals surface area contributed by atoms with Gasteiger partial charge < -0.3 is 0 Å². The van der Waals surface area contributed by atoms with Gasteiger partial charge >= 0.3 is 0 Å². The van der Waals surface area contributed by atoms with Gasteiger partial charge in [-0.05, 0) is 18.2 Å². The molecule has 0 unspecified atom stereocenters. The van der Waals surface area contributed by atoms with Crippen LogP contribution < -0.4 is 5.32 Å². The zero-order chi connectivity index (χ0) is 17.4. The van der Waals surface area contributed by atoms with E-state index in [1.807, 2.05) is 18.2 Å². The number of aryl methyl sites for hydroxylation is 1. The van der Waals surface area contributed by atoms with Gasteiger partial charge in [0.25, 0.3) is 5.91 Å². The molecule has 0 saturated carbocycles. The van der Waals surface area contributed by atoms with Crippen LogP contribution in [0, 0.1) is 0 Å². The number of aromatic nitrogens is 6. The van der Waals surface area contributed by atoms with E-state index in [0.29, 0.717) is 33.6 Å². The molecule has 0 aliphatic carbocycles. The van der Waals surface area contributed by atoms with Crippen LogP contribution in [-0.4, -0.2) is 35.3 Å². The van der Waals surface area contributed by atoms with Crippen LogP contribution >= 0.6 is 11.6 Å². The number of hydrogen-bond donors (Lipinski definition) is 1. The van der Waals surface area contributed by atoms with E-state index in [2.05, 4.69) is 25.5 Å². The monoisotopic (exact) mass is 353 g/mol. The lowest BCUT2D eigenvalue weighted by Crippen LogP contribution is -2.15. The Morgan fingerprint density at radius 2 is 2.08 bits per heavy atom. The summed E-state index contributed by atoms with van der Waals surface area (Å²) in [5, 5.41) is 11.7. The second-order valence-corrected chi connectivity index (χ2v) is 5.67. The Morgan fingerprint density at radius 1 is 1.24 bits per heavy atom. The van der Waals surface area contributed by atoms with Crippen molar-refractivity contribution in [3.8, 4) is 11.4 Å². The maximum absolute atomic E-state index is 12.5. The Kier molecular flexibility index (Phi) is 3.66. The lowest BCUT2D eigenvalue weighted by atomic mass is 10.2. The molecule has 0 spiro atoms. The number of nitrogens with one attached hydrogen (secondary N) is 1. The molecule has 0 aliphatic heterocycles. The van der Waals surface area contributed by atoms with E-state index in [0.717, 1.165) is 0 Å². The highest BCUT2D eigenvalue weighted by Gasteiger charge is 2.18. The van der Waals surface area contributed by atoms with E-state index >= 15 is 0 Å². The summed E-state index contributed by atoms with van der Waals surface area (Å²) in [5.41, 5.74) is 1.51. The summed E-state index contributed by atoms with van der Waals surface area (Å²) < 4.78 is 3.01. The summed E-state index contributed by atoms with van der Waals surface area (Å²) in [6.45, 7) is 0. The summed E-state index contributed by atoms with van der Waals surface area (Å²) in [6.07, 6.45) is 4.78. The summed E-state index contributed by atoms with van der Waals surface area (Å²) in [5.74, 6) is 0.367. The average Bonchev–Trinajstić information content (AvgIpc) is 3.19. The Hall–Kier alpha value is -3.26. The number of halogens is 1. The highest BCUT2D eigenvalue weighted by Crippen LogP contribution is 2.25. The normalized spacial score (nSPS) is 11.0. The van der Waals surface area contributed by atoms with E-state index in [9.17, 15) is 4.79 Å². The van der Waals surface area contributed by atoms with Crippen molar-refractivity contribution in [3.05, 3.63) is 59.5 Å². The maximum atomic E-state index is 12.5. The van der Waals surface area contributed by atoms with Gasteiger partial charge in [0.05, 0.1) is 11.2 Å². The molecule has 0 radical (unpaired) electrons. The van der Waals surface area contributed by atoms with Gasteiger partial charge in [-0.2, -0.15) is 10.1 Å². The van der Waals surface area contributed by atoms with Crippen LogP contribution in [0.1, 0.15) is 10.4 Å². The number of fused-ring (bicyclic) bond motifs is 1. The van der Waals surface area contributed by atoms with E-state index in [1.54, 1.807) is 31.6 Å². The molecule has 3 heterocycles. The molecule has 0 bridgehead atoms. The van der Waals surface area contributed by atoms with Crippen molar-refractivity contribution in [1.82, 2.24) is 29.4 Å². The van der Waals surface area contributed by atoms with Crippen LogP contribution in [-0.2, 0) is 7.05 Å². The third kappa shape index (κ3) is 2.72. The minimum Gasteiger partial charge on any atom is -0.290 e. The highest BCUT2D eigenvalue weighted by molar-refractivity contribution is 6.33. The fourth-order valence-electron chi connectivity index (χ4n) is 2.41. The Balaban J connectivity index is 1.65. The van der Waals surface area contributed by atoms with E-state index in [1.165, 1.54) is 15.4 Å². The standard InChI is InChI=1S/C16H12ClN7O/c1-23-16(20-13(22-23)10-5-2-3-6-12(10)17)21-15(25)11-9-19-24-8-4-7-18-14(11)24/h2-9H,1H3,(H,20,21,22,25). The van der Waals surface area contributed by atoms with Gasteiger partial charge in [0.1, 0.15) is 5.56 Å². The molecule has 1 amide bonds. The van der Waals surface area contributed by atoms with Crippen molar-refractivity contribution < 1.29 is 4.79 Å². The lowest BCUT2D eigenvalue weighted by molar-refractivity contribution is 0.102. The number of anilines is 1. The Labute approximate surface area is 147 Å². The maximum Gasteiger partial charge on any atom is 0.263 e. The van der Waals surface area contributed by atoms with E-state index in [4.69, 9.17) is 11.6 Å². The quantitative estimate of drug-likeness (QED) is 0.611. The molecule has 0 aliphatic rings. The molecule has 0 fully saturated rings. The van der Waals surface area contributed by atoms with Gasteiger partial charge in [0.15, 0.2) is 11.5 Å². The van der Waals surface area contributed by atoms with Gasteiger partial charge in [-0.3, -0.25) is 10.1 Å². The topological polar surface area (TPSA) is 90.0 Å². The smallest absolute Gasteiger partial charge is 0.263 e. The number of carbonyl (C=O) groups is 1. The van der Waals surface area contributed by atoms with Crippen LogP contribution in [0.2, 0.25) is 5.02 Å². The highest BCUT2D eigenvalue weighted by atomic mass is 35.5. The van der Waals surface area contributed by atoms with Crippen LogP contribution in [0.25, 0.3) is 17.0 Å². The van der Waals surface area contributed by atoms with Crippen LogP contribution in [0.15, 0.2) is 48.9 Å². The van der Waals surface area contributed by atoms with Crippen LogP contribution in [0.3, 0.4) is 0 Å². The van der Waals surface area contributed by atoms with Gasteiger partial charge in [0, 0.05) is 25.0 Å². The van der Waals surface area contributed by atoms with Crippen LogP contribution in [0.4, 0.5) is 5.95 Å². The van der Waals surface area contributed by atoms with Crippen molar-refractivity contribution >= 4 is 29.1 Å². The lowest BCUT2D eigenvalue weighted by Gasteiger charge is -2.01. The molecule has 9 heteroatoms. The molecule has 124 valence electrons. The van der Waals surface area contributed by atoms with Crippen molar-refractivity contribution in [2.24, 2.45) is 7.05 Å². The van der Waals surface area contributed by atoms with Crippen molar-refractivity contribution in [1.29, 1.82) is 0 Å². The predicted molar refractivity (Wildman–Crippen MR) is 92.4 cm³/mol. The summed E-state index contributed by atoms with van der Waals surface area (Å²) in [6, 6.07) is 8.99. The number of nitrogens with zero attached hydrogens (tertiary/aromatic N) is 6. The minimum atomic E-state index is -0.366. The molecular weight excluding hydrogens is 342 g/mol. The predicted octanol–water partition coefficient (Wildman–Crippen LogP) is 2.43. The first kappa shape index (κ1) is 15.3. The molecular formula is C16H12ClN7O. The first-order valence-electron chi connectivity index (χ1n) is 7.39. The number of carbonyl (C=O) groups excluding carboxylic acids is 1. The molecule has 1 N–H and O–H groups in total. The second-order valence-electron chi connectivity index (χ2n) is 5.26. The summed E-state index contributed by atoms with van der Waals surface area (Å²) >= 11 is 6.18. The minimum absolute atomic E-state index is 0.301. The van der Waals surface area contributed by atoms with E-state index in [-0.39, 0.29) is 5.91 Å². The molecule has 8 nitrogen and oxygen atoms in total. The number of hydrogen-bond acceptors (Lipinski definition) is 5. The Morgan fingerprint density at radius 3 is 2.92 bits per heavy atom. The van der Waals surface area contributed by atoms with Gasteiger partial charge in [-0.1, -0.05) is 23.7 Å². The first-order valence-corrected chi connectivity index (χ1v) is 7.77. The first-order chi connectivity index (χ1) is 12.1. The molecule has 0 saturated heterocycles. The largest absolute Gasteiger partial charge is 0.290 e. The molecule has 4 aromatic rings. The third-order valence-electron chi connectivity index (χ3n) is 3.63. The third-order valence-corrected chi connectivity index (χ3v) is 3.96. The Bertz CT molecular complexity index is 1080. The zero-order valence-corrected chi connectivity index (χ0v) is 13.8. The van der Waals surface area contributed by atoms with Crippen molar-refractivity contribution in [2.45, 2.75) is 0 Å².